The molecule has 2 aromatic carbocycles. The van der Waals surface area contributed by atoms with Crippen LogP contribution in [-0.2, 0) is 19.6 Å². The van der Waals surface area contributed by atoms with E-state index in [1.165, 1.54) is 19.2 Å². The maximum Gasteiger partial charge on any atom is 0.264 e. The average Bonchev–Trinajstić information content (AvgIpc) is 3.25. The van der Waals surface area contributed by atoms with Gasteiger partial charge in [-0.2, -0.15) is 0 Å². The lowest BCUT2D eigenvalue weighted by Gasteiger charge is -2.24. The second-order valence-corrected chi connectivity index (χ2v) is 8.32. The zero-order valence-electron chi connectivity index (χ0n) is 15.7. The Balaban J connectivity index is 1.80. The average molecular weight is 404 g/mol. The van der Waals surface area contributed by atoms with Crippen LogP contribution in [0.4, 0.5) is 5.69 Å². The molecule has 1 atom stereocenters. The third-order valence-corrected chi connectivity index (χ3v) is 6.32. The monoisotopic (exact) mass is 404 g/mol. The summed E-state index contributed by atoms with van der Waals surface area (Å²) in [6.07, 6.45) is 1.86. The molecule has 1 fully saturated rings. The molecule has 2 aromatic rings. The molecule has 1 N–H and O–H groups in total. The van der Waals surface area contributed by atoms with Crippen molar-refractivity contribution in [2.24, 2.45) is 0 Å². The number of sulfonamides is 1. The van der Waals surface area contributed by atoms with E-state index in [0.717, 1.165) is 17.1 Å². The van der Waals surface area contributed by atoms with Crippen molar-refractivity contribution < 1.29 is 22.7 Å². The van der Waals surface area contributed by atoms with Gasteiger partial charge in [0, 0.05) is 13.2 Å². The van der Waals surface area contributed by atoms with Gasteiger partial charge in [0.05, 0.1) is 23.8 Å². The van der Waals surface area contributed by atoms with E-state index in [1.54, 1.807) is 42.5 Å². The fourth-order valence-electron chi connectivity index (χ4n) is 3.00. The molecular weight excluding hydrogens is 380 g/mol. The van der Waals surface area contributed by atoms with E-state index in [0.29, 0.717) is 24.6 Å². The number of benzene rings is 2. The van der Waals surface area contributed by atoms with Gasteiger partial charge < -0.3 is 14.8 Å². The van der Waals surface area contributed by atoms with Crippen molar-refractivity contribution in [1.82, 2.24) is 5.32 Å². The minimum atomic E-state index is -3.93. The first-order valence-corrected chi connectivity index (χ1v) is 10.5. The van der Waals surface area contributed by atoms with Crippen LogP contribution >= 0.6 is 0 Å². The van der Waals surface area contributed by atoms with Crippen LogP contribution in [0.15, 0.2) is 59.5 Å². The van der Waals surface area contributed by atoms with E-state index >= 15 is 0 Å². The van der Waals surface area contributed by atoms with Crippen molar-refractivity contribution in [3.05, 3.63) is 54.6 Å². The Morgan fingerprint density at radius 2 is 1.89 bits per heavy atom. The third kappa shape index (κ3) is 4.82. The van der Waals surface area contributed by atoms with Crippen molar-refractivity contribution in [2.45, 2.75) is 23.8 Å². The predicted octanol–water partition coefficient (Wildman–Crippen LogP) is 2.19. The number of methoxy groups -OCH3 is 1. The molecule has 7 nitrogen and oxygen atoms in total. The quantitative estimate of drug-likeness (QED) is 0.729. The van der Waals surface area contributed by atoms with E-state index in [4.69, 9.17) is 9.47 Å². The normalized spacial score (nSPS) is 16.5. The molecule has 0 radical (unpaired) electrons. The van der Waals surface area contributed by atoms with Gasteiger partial charge in [-0.1, -0.05) is 18.2 Å². The number of ether oxygens (including phenoxy) is 2. The number of nitrogens with zero attached hydrogens (tertiary/aromatic N) is 1. The molecule has 0 aromatic heterocycles. The van der Waals surface area contributed by atoms with Gasteiger partial charge in [0.1, 0.15) is 12.3 Å². The van der Waals surface area contributed by atoms with Gasteiger partial charge in [0.15, 0.2) is 0 Å². The number of para-hydroxylation sites is 1. The number of nitrogens with one attached hydrogen (secondary N) is 1. The maximum absolute atomic E-state index is 13.2. The number of amides is 1. The molecular formula is C20H24N2O5S. The van der Waals surface area contributed by atoms with Crippen molar-refractivity contribution in [1.29, 1.82) is 0 Å². The number of hydrogen-bond acceptors (Lipinski definition) is 5. The van der Waals surface area contributed by atoms with E-state index in [1.807, 2.05) is 0 Å². The zero-order valence-corrected chi connectivity index (χ0v) is 16.5. The van der Waals surface area contributed by atoms with Gasteiger partial charge in [0.25, 0.3) is 10.0 Å². The fourth-order valence-corrected chi connectivity index (χ4v) is 4.42. The number of rotatable bonds is 8. The molecule has 0 bridgehead atoms. The topological polar surface area (TPSA) is 84.9 Å². The van der Waals surface area contributed by atoms with E-state index in [-0.39, 0.29) is 23.5 Å². The first kappa shape index (κ1) is 20.2. The first-order chi connectivity index (χ1) is 13.5. The molecule has 3 rings (SSSR count). The van der Waals surface area contributed by atoms with Gasteiger partial charge in [-0.25, -0.2) is 8.42 Å². The lowest BCUT2D eigenvalue weighted by molar-refractivity contribution is -0.120. The van der Waals surface area contributed by atoms with Crippen LogP contribution in [0.1, 0.15) is 12.8 Å². The third-order valence-electron chi connectivity index (χ3n) is 4.53. The van der Waals surface area contributed by atoms with Crippen molar-refractivity contribution in [2.75, 3.05) is 31.1 Å². The summed E-state index contributed by atoms with van der Waals surface area (Å²) in [6.45, 7) is 0.762. The molecule has 1 aliphatic heterocycles. The van der Waals surface area contributed by atoms with Gasteiger partial charge >= 0.3 is 0 Å². The van der Waals surface area contributed by atoms with Gasteiger partial charge in [-0.05, 0) is 49.2 Å². The summed E-state index contributed by atoms with van der Waals surface area (Å²) in [4.78, 5) is 12.6. The van der Waals surface area contributed by atoms with Crippen LogP contribution in [0.3, 0.4) is 0 Å². The number of carbonyl (C=O) groups is 1. The van der Waals surface area contributed by atoms with Gasteiger partial charge in [-0.15, -0.1) is 0 Å². The Morgan fingerprint density at radius 1 is 1.18 bits per heavy atom. The molecule has 1 amide bonds. The Labute approximate surface area is 165 Å². The van der Waals surface area contributed by atoms with Crippen molar-refractivity contribution >= 4 is 21.6 Å². The fraction of sp³-hybridized carbons (Fsp3) is 0.350. The molecule has 0 aliphatic carbocycles. The van der Waals surface area contributed by atoms with Crippen LogP contribution in [0, 0.1) is 0 Å². The van der Waals surface area contributed by atoms with E-state index < -0.39 is 10.0 Å². The van der Waals surface area contributed by atoms with Crippen LogP contribution in [0.5, 0.6) is 5.75 Å². The zero-order chi connectivity index (χ0) is 20.0. The Hall–Kier alpha value is -2.58. The second-order valence-electron chi connectivity index (χ2n) is 6.46. The largest absolute Gasteiger partial charge is 0.497 e. The number of anilines is 1. The Morgan fingerprint density at radius 3 is 2.50 bits per heavy atom. The first-order valence-electron chi connectivity index (χ1n) is 9.11. The van der Waals surface area contributed by atoms with Crippen LogP contribution in [-0.4, -0.2) is 47.2 Å². The Bertz CT molecular complexity index is 879. The highest BCUT2D eigenvalue weighted by Crippen LogP contribution is 2.24. The minimum absolute atomic E-state index is 0.00711. The molecule has 0 saturated carbocycles. The lowest BCUT2D eigenvalue weighted by Crippen LogP contribution is -2.42. The summed E-state index contributed by atoms with van der Waals surface area (Å²) in [5.41, 5.74) is 0.422. The second kappa shape index (κ2) is 9.07. The van der Waals surface area contributed by atoms with Gasteiger partial charge in [0.2, 0.25) is 5.91 Å². The molecule has 8 heteroatoms. The lowest BCUT2D eigenvalue weighted by atomic mass is 10.2. The number of carbonyl (C=O) groups excluding carboxylic acids is 1. The molecule has 28 heavy (non-hydrogen) atoms. The molecule has 1 aliphatic rings. The van der Waals surface area contributed by atoms with E-state index in [2.05, 4.69) is 5.32 Å². The molecule has 1 saturated heterocycles. The summed E-state index contributed by atoms with van der Waals surface area (Å²) in [6, 6.07) is 14.7. The predicted molar refractivity (Wildman–Crippen MR) is 106 cm³/mol. The number of hydrogen-bond donors (Lipinski definition) is 1. The maximum atomic E-state index is 13.2. The standard InChI is InChI=1S/C20H24N2O5S/c1-26-17-9-11-19(12-10-17)28(24,25)22(16-6-3-2-4-7-16)15-20(23)21-14-18-8-5-13-27-18/h2-4,6-7,9-12,18H,5,8,13-15H2,1H3,(H,21,23)/t18-/m1/s1. The summed E-state index contributed by atoms with van der Waals surface area (Å²) < 4.78 is 38.1. The van der Waals surface area contributed by atoms with Crippen LogP contribution in [0.2, 0.25) is 0 Å². The minimum Gasteiger partial charge on any atom is -0.497 e. The Kier molecular flexibility index (Phi) is 6.53. The SMILES string of the molecule is COc1ccc(S(=O)(=O)N(CC(=O)NC[C@H]2CCCO2)c2ccccc2)cc1. The highest BCUT2D eigenvalue weighted by Gasteiger charge is 2.27. The smallest absolute Gasteiger partial charge is 0.264 e. The highest BCUT2D eigenvalue weighted by atomic mass is 32.2. The molecule has 0 spiro atoms. The highest BCUT2D eigenvalue weighted by molar-refractivity contribution is 7.92. The summed E-state index contributed by atoms with van der Waals surface area (Å²) in [7, 11) is -2.41. The van der Waals surface area contributed by atoms with Crippen LogP contribution in [0.25, 0.3) is 0 Å². The van der Waals surface area contributed by atoms with Crippen molar-refractivity contribution in [3.8, 4) is 5.75 Å². The van der Waals surface area contributed by atoms with E-state index in [9.17, 15) is 13.2 Å². The summed E-state index contributed by atoms with van der Waals surface area (Å²) in [5, 5.41) is 2.78. The van der Waals surface area contributed by atoms with Crippen molar-refractivity contribution in [3.63, 3.8) is 0 Å². The molecule has 0 unspecified atom stereocenters. The molecule has 150 valence electrons. The van der Waals surface area contributed by atoms with Crippen LogP contribution < -0.4 is 14.4 Å². The summed E-state index contributed by atoms with van der Waals surface area (Å²) in [5.74, 6) is 0.177. The van der Waals surface area contributed by atoms with Gasteiger partial charge in [-0.3, -0.25) is 9.10 Å². The molecule has 1 heterocycles. The summed E-state index contributed by atoms with van der Waals surface area (Å²) >= 11 is 0.